The molecule has 0 saturated carbocycles. The predicted molar refractivity (Wildman–Crippen MR) is 57.9 cm³/mol. The van der Waals surface area contributed by atoms with E-state index >= 15 is 0 Å². The van der Waals surface area contributed by atoms with Crippen LogP contribution in [-0.2, 0) is 4.74 Å². The van der Waals surface area contributed by atoms with E-state index in [2.05, 4.69) is 33.4 Å². The van der Waals surface area contributed by atoms with Gasteiger partial charge >= 0.3 is 0 Å². The summed E-state index contributed by atoms with van der Waals surface area (Å²) in [4.78, 5) is 0. The first kappa shape index (κ1) is 12.3. The summed E-state index contributed by atoms with van der Waals surface area (Å²) in [6.45, 7) is 8.42. The van der Waals surface area contributed by atoms with Gasteiger partial charge in [0.1, 0.15) is 0 Å². The fourth-order valence-corrected chi connectivity index (χ4v) is 1.46. The Morgan fingerprint density at radius 3 is 2.42 bits per heavy atom. The summed E-state index contributed by atoms with van der Waals surface area (Å²) in [6.07, 6.45) is 2.39. The molecule has 0 rings (SSSR count). The number of hydrogen-bond donors (Lipinski definition) is 1. The van der Waals surface area contributed by atoms with Crippen molar-refractivity contribution in [1.82, 2.24) is 0 Å². The lowest BCUT2D eigenvalue weighted by Crippen LogP contribution is -2.17. The zero-order valence-corrected chi connectivity index (χ0v) is 9.44. The molecule has 2 heteroatoms. The summed E-state index contributed by atoms with van der Waals surface area (Å²) >= 11 is 4.30. The van der Waals surface area contributed by atoms with Gasteiger partial charge in [-0.15, -0.1) is 0 Å². The summed E-state index contributed by atoms with van der Waals surface area (Å²) in [6, 6.07) is 0. The average Bonchev–Trinajstić information content (AvgIpc) is 2.04. The summed E-state index contributed by atoms with van der Waals surface area (Å²) in [5, 5.41) is 0. The topological polar surface area (TPSA) is 9.23 Å². The molecule has 1 unspecified atom stereocenters. The minimum absolute atomic E-state index is 0.616. The van der Waals surface area contributed by atoms with Crippen LogP contribution in [0.5, 0.6) is 0 Å². The molecule has 74 valence electrons. The first-order chi connectivity index (χ1) is 5.72. The highest BCUT2D eigenvalue weighted by Crippen LogP contribution is 2.12. The van der Waals surface area contributed by atoms with Gasteiger partial charge in [-0.25, -0.2) is 0 Å². The van der Waals surface area contributed by atoms with E-state index in [1.807, 2.05) is 0 Å². The monoisotopic (exact) mass is 190 g/mol. The second kappa shape index (κ2) is 7.93. The number of ether oxygens (including phenoxy) is 1. The van der Waals surface area contributed by atoms with E-state index < -0.39 is 0 Å². The number of rotatable bonds is 7. The maximum Gasteiger partial charge on any atom is 0.0504 e. The molecule has 0 bridgehead atoms. The first-order valence-corrected chi connectivity index (χ1v) is 5.54. The van der Waals surface area contributed by atoms with E-state index in [-0.39, 0.29) is 0 Å². The highest BCUT2D eigenvalue weighted by atomic mass is 32.1. The number of thiol groups is 1. The Balaban J connectivity index is 3.32. The lowest BCUT2D eigenvalue weighted by molar-refractivity contribution is 0.0895. The minimum Gasteiger partial charge on any atom is -0.381 e. The molecule has 0 aliphatic rings. The normalized spacial score (nSPS) is 13.8. The van der Waals surface area contributed by atoms with Crippen LogP contribution in [0.4, 0.5) is 0 Å². The molecular formula is C10H22OS. The van der Waals surface area contributed by atoms with Crippen LogP contribution in [0.3, 0.4) is 0 Å². The molecule has 0 saturated heterocycles. The van der Waals surface area contributed by atoms with Crippen molar-refractivity contribution < 1.29 is 4.74 Å². The number of unbranched alkanes of at least 4 members (excludes halogenated alkanes) is 1. The summed E-state index contributed by atoms with van der Waals surface area (Å²) in [5.41, 5.74) is 0. The van der Waals surface area contributed by atoms with E-state index in [1.165, 1.54) is 12.8 Å². The largest absolute Gasteiger partial charge is 0.381 e. The Kier molecular flexibility index (Phi) is 8.14. The molecule has 0 aromatic rings. The standard InChI is InChI=1S/C10H22OS/c1-4-5-6-11-7-10(8-12)9(2)3/h9-10,12H,4-8H2,1-3H3. The molecule has 1 atom stereocenters. The van der Waals surface area contributed by atoms with Gasteiger partial charge in [0.05, 0.1) is 6.61 Å². The number of hydrogen-bond acceptors (Lipinski definition) is 2. The van der Waals surface area contributed by atoms with Crippen LogP contribution < -0.4 is 0 Å². The molecule has 1 nitrogen and oxygen atoms in total. The van der Waals surface area contributed by atoms with Gasteiger partial charge in [-0.05, 0) is 24.0 Å². The van der Waals surface area contributed by atoms with Crippen LogP contribution in [-0.4, -0.2) is 19.0 Å². The second-order valence-electron chi connectivity index (χ2n) is 3.62. The fraction of sp³-hybridized carbons (Fsp3) is 1.00. The van der Waals surface area contributed by atoms with Crippen molar-refractivity contribution in [2.75, 3.05) is 19.0 Å². The van der Waals surface area contributed by atoms with Gasteiger partial charge in [0.15, 0.2) is 0 Å². The van der Waals surface area contributed by atoms with E-state index in [1.54, 1.807) is 0 Å². The Bertz CT molecular complexity index is 93.8. The van der Waals surface area contributed by atoms with Gasteiger partial charge in [0.2, 0.25) is 0 Å². The van der Waals surface area contributed by atoms with Crippen LogP contribution in [0.15, 0.2) is 0 Å². The lowest BCUT2D eigenvalue weighted by atomic mass is 9.99. The molecule has 0 amide bonds. The Hall–Kier alpha value is 0.310. The summed E-state index contributed by atoms with van der Waals surface area (Å²) < 4.78 is 5.54. The second-order valence-corrected chi connectivity index (χ2v) is 3.98. The average molecular weight is 190 g/mol. The van der Waals surface area contributed by atoms with Gasteiger partial charge in [-0.1, -0.05) is 27.2 Å². The molecule has 0 aromatic heterocycles. The van der Waals surface area contributed by atoms with Crippen LogP contribution in [0, 0.1) is 11.8 Å². The Morgan fingerprint density at radius 2 is 2.00 bits per heavy atom. The zero-order valence-electron chi connectivity index (χ0n) is 8.55. The first-order valence-electron chi connectivity index (χ1n) is 4.91. The van der Waals surface area contributed by atoms with Crippen LogP contribution >= 0.6 is 12.6 Å². The zero-order chi connectivity index (χ0) is 9.40. The van der Waals surface area contributed by atoms with Gasteiger partial charge in [-0.3, -0.25) is 0 Å². The van der Waals surface area contributed by atoms with Gasteiger partial charge in [-0.2, -0.15) is 12.6 Å². The van der Waals surface area contributed by atoms with Crippen molar-refractivity contribution in [3.05, 3.63) is 0 Å². The van der Waals surface area contributed by atoms with E-state index in [4.69, 9.17) is 4.74 Å². The lowest BCUT2D eigenvalue weighted by Gasteiger charge is -2.18. The third-order valence-electron chi connectivity index (χ3n) is 2.15. The molecule has 0 aromatic carbocycles. The Morgan fingerprint density at radius 1 is 1.33 bits per heavy atom. The van der Waals surface area contributed by atoms with Crippen LogP contribution in [0.25, 0.3) is 0 Å². The smallest absolute Gasteiger partial charge is 0.0504 e. The molecule has 0 N–H and O–H groups in total. The van der Waals surface area contributed by atoms with Crippen molar-refractivity contribution in [3.63, 3.8) is 0 Å². The maximum absolute atomic E-state index is 5.54. The van der Waals surface area contributed by atoms with E-state index in [0.29, 0.717) is 11.8 Å². The molecule has 0 heterocycles. The van der Waals surface area contributed by atoms with Gasteiger partial charge < -0.3 is 4.74 Å². The fourth-order valence-electron chi connectivity index (χ4n) is 0.937. The van der Waals surface area contributed by atoms with Gasteiger partial charge in [0, 0.05) is 6.61 Å². The highest BCUT2D eigenvalue weighted by Gasteiger charge is 2.10. The van der Waals surface area contributed by atoms with Crippen molar-refractivity contribution in [3.8, 4) is 0 Å². The summed E-state index contributed by atoms with van der Waals surface area (Å²) in [7, 11) is 0. The maximum atomic E-state index is 5.54. The van der Waals surface area contributed by atoms with Crippen molar-refractivity contribution in [2.45, 2.75) is 33.6 Å². The SMILES string of the molecule is CCCCOCC(CS)C(C)C. The third kappa shape index (κ3) is 5.90. The van der Waals surface area contributed by atoms with Crippen molar-refractivity contribution >= 4 is 12.6 Å². The van der Waals surface area contributed by atoms with E-state index in [0.717, 1.165) is 19.0 Å². The van der Waals surface area contributed by atoms with E-state index in [9.17, 15) is 0 Å². The molecule has 0 radical (unpaired) electrons. The Labute approximate surface area is 82.3 Å². The third-order valence-corrected chi connectivity index (χ3v) is 2.62. The molecule has 0 aliphatic heterocycles. The van der Waals surface area contributed by atoms with Crippen LogP contribution in [0.1, 0.15) is 33.6 Å². The predicted octanol–water partition coefficient (Wildman–Crippen LogP) is 3.01. The van der Waals surface area contributed by atoms with Crippen LogP contribution in [0.2, 0.25) is 0 Å². The highest BCUT2D eigenvalue weighted by molar-refractivity contribution is 7.80. The molecule has 12 heavy (non-hydrogen) atoms. The van der Waals surface area contributed by atoms with Crippen molar-refractivity contribution in [2.24, 2.45) is 11.8 Å². The molecule has 0 aliphatic carbocycles. The molecule has 0 fully saturated rings. The minimum atomic E-state index is 0.616. The quantitative estimate of drug-likeness (QED) is 0.479. The van der Waals surface area contributed by atoms with Gasteiger partial charge in [0.25, 0.3) is 0 Å². The van der Waals surface area contributed by atoms with Crippen molar-refractivity contribution in [1.29, 1.82) is 0 Å². The summed E-state index contributed by atoms with van der Waals surface area (Å²) in [5.74, 6) is 2.23. The molecule has 0 spiro atoms. The molecular weight excluding hydrogens is 168 g/mol.